The fraction of sp³-hybridized carbons (Fsp3) is 0.455. The number of nitrogen functional groups attached to an aromatic ring is 1. The van der Waals surface area contributed by atoms with E-state index in [1.165, 1.54) is 19.2 Å². The monoisotopic (exact) mass is 303 g/mol. The Bertz CT molecular complexity index is 591. The van der Waals surface area contributed by atoms with Crippen LogP contribution in [0, 0.1) is 0 Å². The van der Waals surface area contributed by atoms with E-state index in [1.807, 2.05) is 4.90 Å². The van der Waals surface area contributed by atoms with Crippen LogP contribution in [-0.2, 0) is 20.8 Å². The molecule has 1 aromatic carbocycles. The predicted octanol–water partition coefficient (Wildman–Crippen LogP) is -0.254. The molecule has 2 rings (SSSR count). The van der Waals surface area contributed by atoms with Gasteiger partial charge in [0.2, 0.25) is 10.0 Å². The quantitative estimate of drug-likeness (QED) is 0.751. The first-order chi connectivity index (χ1) is 8.94. The minimum atomic E-state index is -3.47. The smallest absolute Gasteiger partial charge is 0.240 e. The number of hydrogen-bond donors (Lipinski definition) is 2. The lowest BCUT2D eigenvalue weighted by atomic mass is 10.2. The third-order valence-corrected chi connectivity index (χ3v) is 5.78. The molecule has 3 N–H and O–H groups in total. The van der Waals surface area contributed by atoms with E-state index in [1.54, 1.807) is 6.07 Å². The molecule has 8 heteroatoms. The molecular weight excluding hydrogens is 286 g/mol. The van der Waals surface area contributed by atoms with E-state index in [0.717, 1.165) is 5.69 Å². The van der Waals surface area contributed by atoms with Crippen LogP contribution in [0.3, 0.4) is 0 Å². The molecule has 1 heterocycles. The number of anilines is 2. The number of nitrogens with zero attached hydrogens (tertiary/aromatic N) is 1. The highest BCUT2D eigenvalue weighted by Gasteiger charge is 2.19. The van der Waals surface area contributed by atoms with Gasteiger partial charge in [-0.25, -0.2) is 13.1 Å². The van der Waals surface area contributed by atoms with Crippen molar-refractivity contribution < 1.29 is 12.6 Å². The van der Waals surface area contributed by atoms with Gasteiger partial charge in [-0.3, -0.25) is 4.21 Å². The zero-order valence-electron chi connectivity index (χ0n) is 10.6. The second-order valence-electron chi connectivity index (χ2n) is 4.26. The predicted molar refractivity (Wildman–Crippen MR) is 77.2 cm³/mol. The van der Waals surface area contributed by atoms with Gasteiger partial charge in [-0.2, -0.15) is 0 Å². The highest BCUT2D eigenvalue weighted by atomic mass is 32.2. The molecule has 1 fully saturated rings. The normalized spacial score (nSPS) is 17.6. The van der Waals surface area contributed by atoms with Gasteiger partial charge in [-0.15, -0.1) is 0 Å². The summed E-state index contributed by atoms with van der Waals surface area (Å²) < 4.78 is 36.9. The van der Waals surface area contributed by atoms with Gasteiger partial charge in [-0.05, 0) is 25.2 Å². The second kappa shape index (κ2) is 5.48. The van der Waals surface area contributed by atoms with Crippen molar-refractivity contribution in [3.63, 3.8) is 0 Å². The average Bonchev–Trinajstić information content (AvgIpc) is 2.40. The van der Waals surface area contributed by atoms with Gasteiger partial charge in [0.05, 0.1) is 16.3 Å². The van der Waals surface area contributed by atoms with E-state index >= 15 is 0 Å². The first kappa shape index (κ1) is 14.3. The molecule has 1 aliphatic heterocycles. The maximum absolute atomic E-state index is 11.7. The molecule has 1 aromatic rings. The van der Waals surface area contributed by atoms with Crippen molar-refractivity contribution >= 4 is 32.2 Å². The van der Waals surface area contributed by atoms with E-state index in [2.05, 4.69) is 4.72 Å². The highest BCUT2D eigenvalue weighted by molar-refractivity contribution is 7.89. The Morgan fingerprint density at radius 1 is 1.32 bits per heavy atom. The van der Waals surface area contributed by atoms with Gasteiger partial charge in [-0.1, -0.05) is 0 Å². The molecule has 0 spiro atoms. The SMILES string of the molecule is CNS(=O)(=O)c1ccc(N2CCS(=O)CC2)c(N)c1. The lowest BCUT2D eigenvalue weighted by molar-refractivity contribution is 0.588. The van der Waals surface area contributed by atoms with Crippen molar-refractivity contribution in [2.24, 2.45) is 0 Å². The first-order valence-corrected chi connectivity index (χ1v) is 8.84. The number of hydrogen-bond acceptors (Lipinski definition) is 5. The maximum Gasteiger partial charge on any atom is 0.240 e. The average molecular weight is 303 g/mol. The van der Waals surface area contributed by atoms with Crippen molar-refractivity contribution in [2.45, 2.75) is 4.90 Å². The number of nitrogens with two attached hydrogens (primary N) is 1. The molecular formula is C11H17N3O3S2. The minimum absolute atomic E-state index is 0.150. The lowest BCUT2D eigenvalue weighted by Crippen LogP contribution is -2.38. The Morgan fingerprint density at radius 2 is 1.95 bits per heavy atom. The summed E-state index contributed by atoms with van der Waals surface area (Å²) in [4.78, 5) is 2.18. The molecule has 0 unspecified atom stereocenters. The summed E-state index contributed by atoms with van der Waals surface area (Å²) >= 11 is 0. The van der Waals surface area contributed by atoms with Crippen LogP contribution >= 0.6 is 0 Å². The van der Waals surface area contributed by atoms with Crippen molar-refractivity contribution in [3.05, 3.63) is 18.2 Å². The highest BCUT2D eigenvalue weighted by Crippen LogP contribution is 2.27. The third kappa shape index (κ3) is 3.07. The summed E-state index contributed by atoms with van der Waals surface area (Å²) in [7, 11) is -2.86. The fourth-order valence-electron chi connectivity index (χ4n) is 1.98. The molecule has 0 amide bonds. The zero-order valence-corrected chi connectivity index (χ0v) is 12.3. The van der Waals surface area contributed by atoms with Gasteiger partial charge < -0.3 is 10.6 Å². The standard InChI is InChI=1S/C11H17N3O3S2/c1-13-19(16,17)9-2-3-11(10(12)8-9)14-4-6-18(15)7-5-14/h2-3,8,13H,4-7,12H2,1H3. The number of rotatable bonds is 3. The molecule has 1 saturated heterocycles. The Morgan fingerprint density at radius 3 is 2.47 bits per heavy atom. The summed E-state index contributed by atoms with van der Waals surface area (Å²) in [5.74, 6) is 1.24. The van der Waals surface area contributed by atoms with Gasteiger partial charge in [0, 0.05) is 35.4 Å². The minimum Gasteiger partial charge on any atom is -0.397 e. The number of sulfonamides is 1. The summed E-state index contributed by atoms with van der Waals surface area (Å²) in [6.45, 7) is 1.35. The van der Waals surface area contributed by atoms with Gasteiger partial charge >= 0.3 is 0 Å². The third-order valence-electron chi connectivity index (χ3n) is 3.10. The maximum atomic E-state index is 11.7. The largest absolute Gasteiger partial charge is 0.397 e. The zero-order chi connectivity index (χ0) is 14.0. The van der Waals surface area contributed by atoms with Crippen LogP contribution in [0.2, 0.25) is 0 Å². The molecule has 106 valence electrons. The van der Waals surface area contributed by atoms with E-state index in [-0.39, 0.29) is 4.90 Å². The van der Waals surface area contributed by atoms with E-state index < -0.39 is 20.8 Å². The molecule has 0 radical (unpaired) electrons. The van der Waals surface area contributed by atoms with Crippen molar-refractivity contribution in [1.82, 2.24) is 4.72 Å². The number of nitrogens with one attached hydrogen (secondary N) is 1. The van der Waals surface area contributed by atoms with Gasteiger partial charge in [0.25, 0.3) is 0 Å². The van der Waals surface area contributed by atoms with Crippen molar-refractivity contribution in [3.8, 4) is 0 Å². The molecule has 0 aromatic heterocycles. The molecule has 19 heavy (non-hydrogen) atoms. The van der Waals surface area contributed by atoms with Crippen LogP contribution in [0.4, 0.5) is 11.4 Å². The van der Waals surface area contributed by atoms with Crippen LogP contribution in [-0.4, -0.2) is 44.3 Å². The summed E-state index contributed by atoms with van der Waals surface area (Å²) in [5, 5.41) is 0. The van der Waals surface area contributed by atoms with Crippen LogP contribution < -0.4 is 15.4 Å². The molecule has 1 aliphatic rings. The van der Waals surface area contributed by atoms with Gasteiger partial charge in [0.1, 0.15) is 0 Å². The topological polar surface area (TPSA) is 92.5 Å². The summed E-state index contributed by atoms with van der Waals surface area (Å²) in [5.41, 5.74) is 7.15. The molecule has 6 nitrogen and oxygen atoms in total. The molecule has 0 saturated carbocycles. The van der Waals surface area contributed by atoms with E-state index in [9.17, 15) is 12.6 Å². The molecule has 0 atom stereocenters. The van der Waals surface area contributed by atoms with Crippen molar-refractivity contribution in [1.29, 1.82) is 0 Å². The number of benzene rings is 1. The Kier molecular flexibility index (Phi) is 4.12. The Labute approximate surface area is 115 Å². The van der Waals surface area contributed by atoms with Gasteiger partial charge in [0.15, 0.2) is 0 Å². The van der Waals surface area contributed by atoms with Crippen LogP contribution in [0.5, 0.6) is 0 Å². The fourth-order valence-corrected chi connectivity index (χ4v) is 3.80. The van der Waals surface area contributed by atoms with Crippen LogP contribution in [0.25, 0.3) is 0 Å². The summed E-state index contributed by atoms with van der Waals surface area (Å²) in [6, 6.07) is 4.68. The Balaban J connectivity index is 2.27. The second-order valence-corrected chi connectivity index (χ2v) is 7.85. The van der Waals surface area contributed by atoms with E-state index in [4.69, 9.17) is 5.73 Å². The molecule has 0 bridgehead atoms. The molecule has 0 aliphatic carbocycles. The van der Waals surface area contributed by atoms with Crippen molar-refractivity contribution in [2.75, 3.05) is 42.3 Å². The Hall–Kier alpha value is -1.12. The van der Waals surface area contributed by atoms with Crippen LogP contribution in [0.1, 0.15) is 0 Å². The van der Waals surface area contributed by atoms with Crippen LogP contribution in [0.15, 0.2) is 23.1 Å². The lowest BCUT2D eigenvalue weighted by Gasteiger charge is -2.29. The summed E-state index contributed by atoms with van der Waals surface area (Å²) in [6.07, 6.45) is 0. The first-order valence-electron chi connectivity index (χ1n) is 5.87. The van der Waals surface area contributed by atoms with E-state index in [0.29, 0.717) is 30.3 Å².